The first-order chi connectivity index (χ1) is 10.3. The van der Waals surface area contributed by atoms with Crippen LogP contribution in [0, 0.1) is 11.8 Å². The molecule has 0 unspecified atom stereocenters. The zero-order chi connectivity index (χ0) is 16.1. The van der Waals surface area contributed by atoms with Crippen LogP contribution in [0.15, 0.2) is 16.5 Å². The third kappa shape index (κ3) is 2.41. The van der Waals surface area contributed by atoms with Crippen LogP contribution in [-0.2, 0) is 15.1 Å². The van der Waals surface area contributed by atoms with E-state index < -0.39 is 23.5 Å². The van der Waals surface area contributed by atoms with Crippen LogP contribution in [0.3, 0.4) is 0 Å². The summed E-state index contributed by atoms with van der Waals surface area (Å²) in [6.45, 7) is 1.10. The van der Waals surface area contributed by atoms with E-state index >= 15 is 0 Å². The lowest BCUT2D eigenvalue weighted by atomic mass is 10.0. The fourth-order valence-electron chi connectivity index (χ4n) is 2.93. The SMILES string of the molecule is CCOC(=O)[C@@](O)(c1ccc([C@H]2C[C@@H]2C2CC2)o1)C(F)(F)F. The molecule has 0 aromatic carbocycles. The first-order valence-electron chi connectivity index (χ1n) is 7.35. The summed E-state index contributed by atoms with van der Waals surface area (Å²) in [6, 6.07) is 2.43. The van der Waals surface area contributed by atoms with Gasteiger partial charge in [0.25, 0.3) is 0 Å². The second kappa shape index (κ2) is 5.01. The maximum Gasteiger partial charge on any atom is 0.435 e. The van der Waals surface area contributed by atoms with Crippen molar-refractivity contribution in [1.29, 1.82) is 0 Å². The van der Waals surface area contributed by atoms with Crippen LogP contribution >= 0.6 is 0 Å². The predicted molar refractivity (Wildman–Crippen MR) is 68.9 cm³/mol. The van der Waals surface area contributed by atoms with Crippen molar-refractivity contribution in [2.75, 3.05) is 6.61 Å². The topological polar surface area (TPSA) is 59.7 Å². The molecule has 0 amide bonds. The minimum Gasteiger partial charge on any atom is -0.463 e. The molecular weight excluding hydrogens is 301 g/mol. The highest BCUT2D eigenvalue weighted by molar-refractivity contribution is 5.81. The fourth-order valence-corrected chi connectivity index (χ4v) is 2.93. The van der Waals surface area contributed by atoms with Crippen LogP contribution in [-0.4, -0.2) is 23.9 Å². The molecule has 122 valence electrons. The van der Waals surface area contributed by atoms with Gasteiger partial charge in [-0.2, -0.15) is 13.2 Å². The molecule has 1 aromatic rings. The van der Waals surface area contributed by atoms with E-state index in [1.807, 2.05) is 0 Å². The number of aliphatic hydroxyl groups is 1. The molecule has 0 aliphatic heterocycles. The minimum atomic E-state index is -5.21. The Kier molecular flexibility index (Phi) is 3.51. The van der Waals surface area contributed by atoms with Crippen LogP contribution in [0.4, 0.5) is 13.2 Å². The number of ether oxygens (including phenoxy) is 1. The summed E-state index contributed by atoms with van der Waals surface area (Å²) >= 11 is 0. The Morgan fingerprint density at radius 3 is 2.64 bits per heavy atom. The van der Waals surface area contributed by atoms with E-state index in [2.05, 4.69) is 4.74 Å². The molecule has 2 fully saturated rings. The van der Waals surface area contributed by atoms with Crippen LogP contribution in [0.5, 0.6) is 0 Å². The van der Waals surface area contributed by atoms with Crippen molar-refractivity contribution < 1.29 is 32.2 Å². The number of hydrogen-bond donors (Lipinski definition) is 1. The van der Waals surface area contributed by atoms with Crippen molar-refractivity contribution in [1.82, 2.24) is 0 Å². The van der Waals surface area contributed by atoms with Crippen LogP contribution in [0.1, 0.15) is 43.6 Å². The smallest absolute Gasteiger partial charge is 0.435 e. The van der Waals surface area contributed by atoms with Crippen molar-refractivity contribution in [3.8, 4) is 0 Å². The van der Waals surface area contributed by atoms with Crippen molar-refractivity contribution >= 4 is 5.97 Å². The van der Waals surface area contributed by atoms with Gasteiger partial charge in [-0.15, -0.1) is 0 Å². The Bertz CT molecular complexity index is 576. The van der Waals surface area contributed by atoms with E-state index in [-0.39, 0.29) is 12.5 Å². The van der Waals surface area contributed by atoms with Gasteiger partial charge in [-0.3, -0.25) is 0 Å². The summed E-state index contributed by atoms with van der Waals surface area (Å²) in [6.07, 6.45) is -2.01. The highest BCUT2D eigenvalue weighted by Gasteiger charge is 2.64. The van der Waals surface area contributed by atoms with Gasteiger partial charge in [0.15, 0.2) is 5.76 Å². The van der Waals surface area contributed by atoms with Gasteiger partial charge in [0.1, 0.15) is 5.76 Å². The Balaban J connectivity index is 1.85. The lowest BCUT2D eigenvalue weighted by molar-refractivity contribution is -0.272. The van der Waals surface area contributed by atoms with Gasteiger partial charge in [-0.05, 0) is 50.2 Å². The molecule has 0 bridgehead atoms. The molecular formula is C15H17F3O4. The van der Waals surface area contributed by atoms with Crippen LogP contribution in [0.25, 0.3) is 0 Å². The third-order valence-corrected chi connectivity index (χ3v) is 4.40. The Morgan fingerprint density at radius 1 is 1.41 bits per heavy atom. The van der Waals surface area contributed by atoms with Gasteiger partial charge in [0.05, 0.1) is 6.61 Å². The van der Waals surface area contributed by atoms with Gasteiger partial charge < -0.3 is 14.3 Å². The quantitative estimate of drug-likeness (QED) is 0.848. The molecule has 4 nitrogen and oxygen atoms in total. The molecule has 7 heteroatoms. The molecule has 2 saturated carbocycles. The molecule has 3 atom stereocenters. The van der Waals surface area contributed by atoms with Crippen LogP contribution < -0.4 is 0 Å². The lowest BCUT2D eigenvalue weighted by Gasteiger charge is -2.25. The van der Waals surface area contributed by atoms with Gasteiger partial charge in [0, 0.05) is 5.92 Å². The molecule has 2 aliphatic carbocycles. The Hall–Kier alpha value is -1.50. The van der Waals surface area contributed by atoms with Crippen LogP contribution in [0.2, 0.25) is 0 Å². The molecule has 0 radical (unpaired) electrons. The molecule has 3 rings (SSSR count). The second-order valence-corrected chi connectivity index (χ2v) is 5.97. The number of hydrogen-bond acceptors (Lipinski definition) is 4. The van der Waals surface area contributed by atoms with Crippen molar-refractivity contribution in [2.45, 2.75) is 43.9 Å². The summed E-state index contributed by atoms with van der Waals surface area (Å²) in [5.74, 6) is -0.988. The number of carbonyl (C=O) groups excluding carboxylic acids is 1. The van der Waals surface area contributed by atoms with Gasteiger partial charge in [0.2, 0.25) is 0 Å². The average Bonchev–Trinajstić information content (AvgIpc) is 3.33. The summed E-state index contributed by atoms with van der Waals surface area (Å²) in [5, 5.41) is 9.93. The predicted octanol–water partition coefficient (Wildman–Crippen LogP) is 3.11. The highest BCUT2D eigenvalue weighted by Crippen LogP contribution is 2.59. The van der Waals surface area contributed by atoms with Crippen molar-refractivity contribution in [3.63, 3.8) is 0 Å². The van der Waals surface area contributed by atoms with E-state index in [1.165, 1.54) is 13.0 Å². The molecule has 22 heavy (non-hydrogen) atoms. The molecule has 1 N–H and O–H groups in total. The Labute approximate surface area is 125 Å². The molecule has 2 aliphatic rings. The van der Waals surface area contributed by atoms with Gasteiger partial charge >= 0.3 is 17.7 Å². The van der Waals surface area contributed by atoms with Gasteiger partial charge in [-0.1, -0.05) is 0 Å². The number of rotatable bonds is 5. The average molecular weight is 318 g/mol. The second-order valence-electron chi connectivity index (χ2n) is 5.97. The zero-order valence-corrected chi connectivity index (χ0v) is 12.0. The number of halogens is 3. The molecule has 0 saturated heterocycles. The van der Waals surface area contributed by atoms with E-state index in [9.17, 15) is 23.1 Å². The largest absolute Gasteiger partial charge is 0.463 e. The van der Waals surface area contributed by atoms with E-state index in [0.29, 0.717) is 17.6 Å². The summed E-state index contributed by atoms with van der Waals surface area (Å²) < 4.78 is 49.2. The van der Waals surface area contributed by atoms with E-state index in [0.717, 1.165) is 25.3 Å². The van der Waals surface area contributed by atoms with Crippen molar-refractivity contribution in [2.24, 2.45) is 11.8 Å². The normalized spacial score (nSPS) is 27.3. The highest BCUT2D eigenvalue weighted by atomic mass is 19.4. The molecule has 1 aromatic heterocycles. The number of esters is 1. The van der Waals surface area contributed by atoms with E-state index in [1.54, 1.807) is 0 Å². The zero-order valence-electron chi connectivity index (χ0n) is 12.0. The first kappa shape index (κ1) is 15.4. The van der Waals surface area contributed by atoms with Crippen molar-refractivity contribution in [3.05, 3.63) is 23.7 Å². The summed E-state index contributed by atoms with van der Waals surface area (Å²) in [5.41, 5.74) is -3.76. The minimum absolute atomic E-state index is 0.0981. The number of furan rings is 1. The lowest BCUT2D eigenvalue weighted by Crippen LogP contribution is -2.50. The molecule has 1 heterocycles. The Morgan fingerprint density at radius 2 is 2.09 bits per heavy atom. The number of alkyl halides is 3. The fraction of sp³-hybridized carbons (Fsp3) is 0.667. The maximum atomic E-state index is 13.2. The summed E-state index contributed by atoms with van der Waals surface area (Å²) in [4.78, 5) is 11.6. The van der Waals surface area contributed by atoms with Gasteiger partial charge in [-0.25, -0.2) is 4.79 Å². The number of carbonyl (C=O) groups is 1. The standard InChI is InChI=1S/C15H17F3O4/c1-2-21-13(19)14(20,15(16,17)18)12-6-5-11(22-12)10-7-9(10)8-3-4-8/h5-6,8-10,20H,2-4,7H2,1H3/t9-,10+,14+/m1/s1. The molecule has 0 spiro atoms. The monoisotopic (exact) mass is 318 g/mol. The summed E-state index contributed by atoms with van der Waals surface area (Å²) in [7, 11) is 0. The first-order valence-corrected chi connectivity index (χ1v) is 7.35. The third-order valence-electron chi connectivity index (χ3n) is 4.40. The maximum absolute atomic E-state index is 13.2. The van der Waals surface area contributed by atoms with E-state index in [4.69, 9.17) is 4.42 Å².